The highest BCUT2D eigenvalue weighted by Crippen LogP contribution is 2.30. The number of hydrogen-bond donors (Lipinski definition) is 0. The van der Waals surface area contributed by atoms with Crippen molar-refractivity contribution in [3.8, 4) is 5.69 Å². The molecule has 0 spiro atoms. The fourth-order valence-corrected chi connectivity index (χ4v) is 3.50. The molecule has 29 heavy (non-hydrogen) atoms. The van der Waals surface area contributed by atoms with Gasteiger partial charge in [-0.1, -0.05) is 30.3 Å². The highest BCUT2D eigenvalue weighted by atomic mass is 19.4. The van der Waals surface area contributed by atoms with Crippen molar-refractivity contribution >= 4 is 5.91 Å². The van der Waals surface area contributed by atoms with Gasteiger partial charge in [-0.05, 0) is 41.8 Å². The predicted octanol–water partition coefficient (Wildman–Crippen LogP) is 4.05. The zero-order valence-electron chi connectivity index (χ0n) is 15.3. The van der Waals surface area contributed by atoms with Crippen molar-refractivity contribution in [2.24, 2.45) is 0 Å². The van der Waals surface area contributed by atoms with E-state index >= 15 is 0 Å². The van der Waals surface area contributed by atoms with Crippen LogP contribution in [0.5, 0.6) is 0 Å². The van der Waals surface area contributed by atoms with Crippen LogP contribution in [0.4, 0.5) is 13.2 Å². The summed E-state index contributed by atoms with van der Waals surface area (Å²) in [5.41, 5.74) is 1.21. The summed E-state index contributed by atoms with van der Waals surface area (Å²) in [4.78, 5) is 26.9. The predicted molar refractivity (Wildman–Crippen MR) is 102 cm³/mol. The number of carbonyl (C=O) groups is 1. The third kappa shape index (κ3) is 3.81. The van der Waals surface area contributed by atoms with Gasteiger partial charge in [-0.3, -0.25) is 14.2 Å². The third-order valence-corrected chi connectivity index (χ3v) is 5.03. The summed E-state index contributed by atoms with van der Waals surface area (Å²) < 4.78 is 40.1. The van der Waals surface area contributed by atoms with Crippen molar-refractivity contribution < 1.29 is 18.0 Å². The number of alkyl halides is 3. The zero-order chi connectivity index (χ0) is 20.6. The molecule has 0 unspecified atom stereocenters. The Balaban J connectivity index is 1.66. The number of aromatic nitrogens is 1. The van der Waals surface area contributed by atoms with Crippen LogP contribution < -0.4 is 5.56 Å². The maximum absolute atomic E-state index is 13.0. The highest BCUT2D eigenvalue weighted by Gasteiger charge is 2.30. The first-order valence-electron chi connectivity index (χ1n) is 9.09. The molecule has 0 saturated heterocycles. The van der Waals surface area contributed by atoms with Crippen LogP contribution in [0.1, 0.15) is 27.0 Å². The van der Waals surface area contributed by atoms with Crippen LogP contribution in [0.25, 0.3) is 5.69 Å². The lowest BCUT2D eigenvalue weighted by Crippen LogP contribution is -2.36. The summed E-state index contributed by atoms with van der Waals surface area (Å²) in [6.07, 6.45) is -2.48. The van der Waals surface area contributed by atoms with Gasteiger partial charge in [-0.15, -0.1) is 0 Å². The number of hydrogen-bond acceptors (Lipinski definition) is 2. The lowest BCUT2D eigenvalue weighted by atomic mass is 9.99. The molecule has 1 aliphatic rings. The topological polar surface area (TPSA) is 42.3 Å². The molecule has 1 aliphatic heterocycles. The van der Waals surface area contributed by atoms with E-state index < -0.39 is 17.3 Å². The second-order valence-electron chi connectivity index (χ2n) is 6.92. The average Bonchev–Trinajstić information content (AvgIpc) is 2.73. The highest BCUT2D eigenvalue weighted by molar-refractivity contribution is 5.94. The van der Waals surface area contributed by atoms with E-state index in [0.717, 1.165) is 28.7 Å². The maximum atomic E-state index is 13.0. The van der Waals surface area contributed by atoms with Crippen molar-refractivity contribution in [3.05, 3.63) is 99.5 Å². The van der Waals surface area contributed by atoms with Gasteiger partial charge in [-0.25, -0.2) is 0 Å². The van der Waals surface area contributed by atoms with E-state index in [1.54, 1.807) is 4.90 Å². The van der Waals surface area contributed by atoms with Crippen LogP contribution in [0.15, 0.2) is 71.7 Å². The Hall–Kier alpha value is -3.35. The Bertz CT molecular complexity index is 1140. The van der Waals surface area contributed by atoms with Crippen LogP contribution in [0.2, 0.25) is 0 Å². The lowest BCUT2D eigenvalue weighted by molar-refractivity contribution is -0.137. The first-order chi connectivity index (χ1) is 13.8. The minimum absolute atomic E-state index is 0.0588. The van der Waals surface area contributed by atoms with Crippen molar-refractivity contribution in [2.45, 2.75) is 19.1 Å². The van der Waals surface area contributed by atoms with Gasteiger partial charge in [-0.2, -0.15) is 13.2 Å². The third-order valence-electron chi connectivity index (χ3n) is 5.03. The number of benzene rings is 2. The smallest absolute Gasteiger partial charge is 0.334 e. The number of nitrogens with zero attached hydrogens (tertiary/aromatic N) is 2. The van der Waals surface area contributed by atoms with Crippen LogP contribution in [0.3, 0.4) is 0 Å². The molecular weight excluding hydrogens is 381 g/mol. The van der Waals surface area contributed by atoms with Crippen molar-refractivity contribution in [3.63, 3.8) is 0 Å². The molecule has 2 heterocycles. The number of amides is 1. The van der Waals surface area contributed by atoms with Gasteiger partial charge in [0.1, 0.15) is 0 Å². The Labute approximate surface area is 164 Å². The molecule has 0 bridgehead atoms. The van der Waals surface area contributed by atoms with Crippen molar-refractivity contribution in [1.82, 2.24) is 9.47 Å². The minimum atomic E-state index is -4.52. The van der Waals surface area contributed by atoms with Gasteiger partial charge < -0.3 is 4.90 Å². The SMILES string of the molecule is O=C(c1ccc(=O)n(-c2cccc(C(F)(F)F)c2)c1)N1CCc2ccccc2C1. The fraction of sp³-hybridized carbons (Fsp3) is 0.182. The summed E-state index contributed by atoms with van der Waals surface area (Å²) in [7, 11) is 0. The number of fused-ring (bicyclic) bond motifs is 1. The summed E-state index contributed by atoms with van der Waals surface area (Å²) in [5.74, 6) is -0.264. The summed E-state index contributed by atoms with van der Waals surface area (Å²) in [6.45, 7) is 0.996. The van der Waals surface area contributed by atoms with Crippen molar-refractivity contribution in [1.29, 1.82) is 0 Å². The molecule has 0 aliphatic carbocycles. The minimum Gasteiger partial charge on any atom is -0.334 e. The molecule has 0 fully saturated rings. The second-order valence-corrected chi connectivity index (χ2v) is 6.92. The van der Waals surface area contributed by atoms with Gasteiger partial charge >= 0.3 is 6.18 Å². The van der Waals surface area contributed by atoms with Gasteiger partial charge in [0.05, 0.1) is 11.1 Å². The van der Waals surface area contributed by atoms with Gasteiger partial charge in [0.25, 0.3) is 11.5 Å². The Kier molecular flexibility index (Phi) is 4.74. The van der Waals surface area contributed by atoms with Crippen LogP contribution >= 0.6 is 0 Å². The number of carbonyl (C=O) groups excluding carboxylic acids is 1. The molecule has 1 aromatic heterocycles. The molecule has 1 amide bonds. The lowest BCUT2D eigenvalue weighted by Gasteiger charge is -2.29. The standard InChI is InChI=1S/C22H17F3N2O2/c23-22(24,25)18-6-3-7-19(12-18)27-14-17(8-9-20(27)28)21(29)26-11-10-15-4-1-2-5-16(15)13-26/h1-9,12,14H,10-11,13H2. The maximum Gasteiger partial charge on any atom is 0.416 e. The molecule has 3 aromatic rings. The van der Waals surface area contributed by atoms with Gasteiger partial charge in [0.2, 0.25) is 0 Å². The van der Waals surface area contributed by atoms with E-state index in [4.69, 9.17) is 0 Å². The van der Waals surface area contributed by atoms with Gasteiger partial charge in [0.15, 0.2) is 0 Å². The normalized spacial score (nSPS) is 13.8. The van der Waals surface area contributed by atoms with E-state index in [1.165, 1.54) is 36.0 Å². The van der Waals surface area contributed by atoms with Crippen LogP contribution in [-0.4, -0.2) is 21.9 Å². The fourth-order valence-electron chi connectivity index (χ4n) is 3.50. The Morgan fingerprint density at radius 3 is 2.45 bits per heavy atom. The Morgan fingerprint density at radius 1 is 0.931 bits per heavy atom. The van der Waals surface area contributed by atoms with Gasteiger partial charge in [0, 0.05) is 31.0 Å². The van der Waals surface area contributed by atoms with Crippen LogP contribution in [-0.2, 0) is 19.1 Å². The summed E-state index contributed by atoms with van der Waals surface area (Å²) in [6, 6.07) is 15.0. The zero-order valence-corrected chi connectivity index (χ0v) is 15.3. The molecule has 0 saturated carbocycles. The molecule has 4 nitrogen and oxygen atoms in total. The number of halogens is 3. The summed E-state index contributed by atoms with van der Waals surface area (Å²) in [5, 5.41) is 0. The van der Waals surface area contributed by atoms with E-state index in [9.17, 15) is 22.8 Å². The molecule has 2 aromatic carbocycles. The molecule has 148 valence electrons. The molecule has 7 heteroatoms. The molecular formula is C22H17F3N2O2. The second kappa shape index (κ2) is 7.24. The van der Waals surface area contributed by atoms with E-state index in [-0.39, 0.29) is 17.2 Å². The van der Waals surface area contributed by atoms with E-state index in [2.05, 4.69) is 0 Å². The monoisotopic (exact) mass is 398 g/mol. The average molecular weight is 398 g/mol. The van der Waals surface area contributed by atoms with E-state index in [0.29, 0.717) is 13.1 Å². The molecule has 4 rings (SSSR count). The van der Waals surface area contributed by atoms with E-state index in [1.807, 2.05) is 24.3 Å². The Morgan fingerprint density at radius 2 is 1.69 bits per heavy atom. The molecule has 0 N–H and O–H groups in total. The first-order valence-corrected chi connectivity index (χ1v) is 9.09. The number of pyridine rings is 1. The largest absolute Gasteiger partial charge is 0.416 e. The molecule has 0 atom stereocenters. The quantitative estimate of drug-likeness (QED) is 0.654. The summed E-state index contributed by atoms with van der Waals surface area (Å²) >= 11 is 0. The number of rotatable bonds is 2. The van der Waals surface area contributed by atoms with Crippen LogP contribution in [0, 0.1) is 0 Å². The van der Waals surface area contributed by atoms with Crippen molar-refractivity contribution in [2.75, 3.05) is 6.54 Å². The first kappa shape index (κ1) is 19.0. The molecule has 0 radical (unpaired) electrons.